The van der Waals surface area contributed by atoms with Gasteiger partial charge in [0.15, 0.2) is 0 Å². The molecule has 1 aromatic carbocycles. The smallest absolute Gasteiger partial charge is 0.233 e. The number of fused-ring (bicyclic) bond motifs is 1. The first kappa shape index (κ1) is 21.7. The fraction of sp³-hybridized carbons (Fsp3) is 0.375. The molecule has 0 saturated carbocycles. The molecule has 162 valence electrons. The highest BCUT2D eigenvalue weighted by Gasteiger charge is 2.37. The van der Waals surface area contributed by atoms with E-state index in [1.807, 2.05) is 59.8 Å². The first-order valence-corrected chi connectivity index (χ1v) is 12.5. The number of hydrogen-bond acceptors (Lipinski definition) is 5. The average Bonchev–Trinajstić information content (AvgIpc) is 3.44. The number of thiazole rings is 1. The van der Waals surface area contributed by atoms with Crippen LogP contribution in [-0.4, -0.2) is 28.9 Å². The van der Waals surface area contributed by atoms with E-state index in [4.69, 9.17) is 0 Å². The Labute approximate surface area is 191 Å². The van der Waals surface area contributed by atoms with Gasteiger partial charge >= 0.3 is 0 Å². The van der Waals surface area contributed by atoms with Crippen LogP contribution >= 0.6 is 22.7 Å². The molecule has 3 aromatic rings. The maximum absolute atomic E-state index is 13.3. The van der Waals surface area contributed by atoms with E-state index in [9.17, 15) is 9.59 Å². The number of anilines is 1. The quantitative estimate of drug-likeness (QED) is 0.555. The lowest BCUT2D eigenvalue weighted by Gasteiger charge is -2.39. The number of thiophene rings is 1. The molecular formula is C24H27N3O2S2. The van der Waals surface area contributed by atoms with E-state index in [-0.39, 0.29) is 36.2 Å². The molecule has 2 aromatic heterocycles. The van der Waals surface area contributed by atoms with E-state index in [0.717, 1.165) is 33.9 Å². The molecule has 0 spiro atoms. The summed E-state index contributed by atoms with van der Waals surface area (Å²) in [4.78, 5) is 32.8. The molecule has 2 amide bonds. The lowest BCUT2D eigenvalue weighted by atomic mass is 9.85. The summed E-state index contributed by atoms with van der Waals surface area (Å²) >= 11 is 3.21. The molecule has 1 aliphatic rings. The van der Waals surface area contributed by atoms with Crippen molar-refractivity contribution in [2.75, 3.05) is 4.90 Å². The van der Waals surface area contributed by atoms with Gasteiger partial charge in [-0.15, -0.1) is 11.3 Å². The van der Waals surface area contributed by atoms with Gasteiger partial charge in [-0.3, -0.25) is 9.59 Å². The fourth-order valence-corrected chi connectivity index (χ4v) is 5.57. The SMILES string of the molecule is CC[C@H](C)NC(=O)[C@@H]1C[C@@H](C)N(C(=O)Cc2csc(-c3ccsc3)n2)c2ccccc21. The van der Waals surface area contributed by atoms with E-state index in [2.05, 4.69) is 22.6 Å². The Hall–Kier alpha value is -2.51. The van der Waals surface area contributed by atoms with E-state index in [1.54, 1.807) is 22.7 Å². The van der Waals surface area contributed by atoms with Crippen LogP contribution in [0.5, 0.6) is 0 Å². The number of carbonyl (C=O) groups excluding carboxylic acids is 2. The zero-order valence-corrected chi connectivity index (χ0v) is 19.6. The van der Waals surface area contributed by atoms with Crippen LogP contribution in [0.3, 0.4) is 0 Å². The van der Waals surface area contributed by atoms with Crippen molar-refractivity contribution in [3.05, 3.63) is 57.7 Å². The third kappa shape index (κ3) is 4.57. The number of nitrogens with zero attached hydrogens (tertiary/aromatic N) is 2. The minimum absolute atomic E-state index is 0.0166. The van der Waals surface area contributed by atoms with Crippen molar-refractivity contribution in [2.24, 2.45) is 0 Å². The molecule has 0 fully saturated rings. The van der Waals surface area contributed by atoms with E-state index < -0.39 is 0 Å². The van der Waals surface area contributed by atoms with Crippen molar-refractivity contribution in [1.82, 2.24) is 10.3 Å². The van der Waals surface area contributed by atoms with Gasteiger partial charge in [-0.2, -0.15) is 11.3 Å². The minimum Gasteiger partial charge on any atom is -0.353 e. The Morgan fingerprint density at radius 3 is 2.81 bits per heavy atom. The van der Waals surface area contributed by atoms with Crippen LogP contribution in [0, 0.1) is 0 Å². The molecule has 7 heteroatoms. The van der Waals surface area contributed by atoms with Gasteiger partial charge in [0.25, 0.3) is 0 Å². The molecule has 5 nitrogen and oxygen atoms in total. The van der Waals surface area contributed by atoms with Crippen molar-refractivity contribution in [3.63, 3.8) is 0 Å². The number of carbonyl (C=O) groups is 2. The van der Waals surface area contributed by atoms with Gasteiger partial charge in [-0.25, -0.2) is 4.98 Å². The summed E-state index contributed by atoms with van der Waals surface area (Å²) in [6.07, 6.45) is 1.76. The van der Waals surface area contributed by atoms with Gasteiger partial charge in [0.1, 0.15) is 5.01 Å². The Morgan fingerprint density at radius 2 is 2.06 bits per heavy atom. The lowest BCUT2D eigenvalue weighted by molar-refractivity contribution is -0.124. The molecule has 0 unspecified atom stereocenters. The first-order chi connectivity index (χ1) is 15.0. The highest BCUT2D eigenvalue weighted by molar-refractivity contribution is 7.14. The Balaban J connectivity index is 1.56. The predicted molar refractivity (Wildman–Crippen MR) is 128 cm³/mol. The average molecular weight is 454 g/mol. The van der Waals surface area contributed by atoms with Crippen molar-refractivity contribution in [3.8, 4) is 10.6 Å². The van der Waals surface area contributed by atoms with Crippen LogP contribution in [0.25, 0.3) is 10.6 Å². The zero-order valence-electron chi connectivity index (χ0n) is 18.0. The largest absolute Gasteiger partial charge is 0.353 e. The number of benzene rings is 1. The molecule has 0 radical (unpaired) electrons. The normalized spacial score (nSPS) is 19.0. The summed E-state index contributed by atoms with van der Waals surface area (Å²) < 4.78 is 0. The summed E-state index contributed by atoms with van der Waals surface area (Å²) in [5, 5.41) is 10.1. The van der Waals surface area contributed by atoms with Crippen molar-refractivity contribution < 1.29 is 9.59 Å². The third-order valence-electron chi connectivity index (χ3n) is 5.83. The number of rotatable bonds is 6. The lowest BCUT2D eigenvalue weighted by Crippen LogP contribution is -2.47. The summed E-state index contributed by atoms with van der Waals surface area (Å²) in [6.45, 7) is 6.10. The van der Waals surface area contributed by atoms with Gasteiger partial charge in [-0.05, 0) is 49.8 Å². The summed E-state index contributed by atoms with van der Waals surface area (Å²) in [5.41, 5.74) is 3.65. The Morgan fingerprint density at radius 1 is 1.26 bits per heavy atom. The van der Waals surface area contributed by atoms with Crippen LogP contribution in [0.4, 0.5) is 5.69 Å². The molecule has 1 aliphatic heterocycles. The molecule has 3 atom stereocenters. The second-order valence-corrected chi connectivity index (χ2v) is 9.75. The standard InChI is InChI=1S/C24H27N3O2S2/c1-4-15(2)25-23(29)20-11-16(3)27(21-8-6-5-7-19(20)21)22(28)12-18-14-31-24(26-18)17-9-10-30-13-17/h5-10,13-16,20H,4,11-12H2,1-3H3,(H,25,29)/t15-,16+,20+/m0/s1. The highest BCUT2D eigenvalue weighted by atomic mass is 32.1. The highest BCUT2D eigenvalue weighted by Crippen LogP contribution is 2.39. The third-order valence-corrected chi connectivity index (χ3v) is 7.45. The zero-order chi connectivity index (χ0) is 22.0. The summed E-state index contributed by atoms with van der Waals surface area (Å²) in [5.74, 6) is -0.183. The summed E-state index contributed by atoms with van der Waals surface area (Å²) in [7, 11) is 0. The second-order valence-electron chi connectivity index (χ2n) is 8.11. The first-order valence-electron chi connectivity index (χ1n) is 10.7. The van der Waals surface area contributed by atoms with Crippen molar-refractivity contribution in [2.45, 2.75) is 58.0 Å². The molecule has 0 bridgehead atoms. The van der Waals surface area contributed by atoms with Crippen molar-refractivity contribution in [1.29, 1.82) is 0 Å². The Kier molecular flexibility index (Phi) is 6.53. The topological polar surface area (TPSA) is 62.3 Å². The van der Waals surface area contributed by atoms with Gasteiger partial charge in [0, 0.05) is 34.1 Å². The van der Waals surface area contributed by atoms with Crippen LogP contribution in [-0.2, 0) is 16.0 Å². The molecule has 0 saturated heterocycles. The van der Waals surface area contributed by atoms with Crippen LogP contribution in [0.15, 0.2) is 46.5 Å². The van der Waals surface area contributed by atoms with E-state index in [1.165, 1.54) is 0 Å². The van der Waals surface area contributed by atoms with Gasteiger partial charge in [0.05, 0.1) is 18.0 Å². The number of para-hydroxylation sites is 1. The second kappa shape index (κ2) is 9.32. The fourth-order valence-electron chi connectivity index (χ4n) is 4.03. The number of nitrogens with one attached hydrogen (secondary N) is 1. The van der Waals surface area contributed by atoms with Gasteiger partial charge in [0.2, 0.25) is 11.8 Å². The predicted octanol–water partition coefficient (Wildman–Crippen LogP) is 5.24. The molecule has 31 heavy (non-hydrogen) atoms. The molecule has 0 aliphatic carbocycles. The molecule has 4 rings (SSSR count). The number of hydrogen-bond donors (Lipinski definition) is 1. The molecule has 1 N–H and O–H groups in total. The maximum Gasteiger partial charge on any atom is 0.233 e. The maximum atomic E-state index is 13.3. The number of amides is 2. The van der Waals surface area contributed by atoms with Gasteiger partial charge < -0.3 is 10.2 Å². The van der Waals surface area contributed by atoms with E-state index in [0.29, 0.717) is 6.42 Å². The Bertz CT molecular complexity index is 1060. The summed E-state index contributed by atoms with van der Waals surface area (Å²) in [6, 6.07) is 9.90. The molecule has 3 heterocycles. The van der Waals surface area contributed by atoms with E-state index >= 15 is 0 Å². The minimum atomic E-state index is -0.242. The van der Waals surface area contributed by atoms with Crippen LogP contribution < -0.4 is 10.2 Å². The molecular weight excluding hydrogens is 426 g/mol. The van der Waals surface area contributed by atoms with Crippen molar-refractivity contribution >= 4 is 40.2 Å². The number of aromatic nitrogens is 1. The van der Waals surface area contributed by atoms with Gasteiger partial charge in [-0.1, -0.05) is 25.1 Å². The van der Waals surface area contributed by atoms with Crippen LogP contribution in [0.1, 0.15) is 50.8 Å². The van der Waals surface area contributed by atoms with Crippen LogP contribution in [0.2, 0.25) is 0 Å². The monoisotopic (exact) mass is 453 g/mol.